The fourth-order valence-corrected chi connectivity index (χ4v) is 2.80. The summed E-state index contributed by atoms with van der Waals surface area (Å²) in [6.07, 6.45) is 3.67. The molecule has 0 atom stereocenters. The van der Waals surface area contributed by atoms with Crippen LogP contribution in [0.2, 0.25) is 0 Å². The zero-order valence-corrected chi connectivity index (χ0v) is 14.6. The van der Waals surface area contributed by atoms with Crippen molar-refractivity contribution in [2.45, 2.75) is 12.8 Å². The van der Waals surface area contributed by atoms with Crippen LogP contribution in [-0.2, 0) is 12.8 Å². The second-order valence-electron chi connectivity index (χ2n) is 5.93. The summed E-state index contributed by atoms with van der Waals surface area (Å²) in [5.41, 5.74) is 2.41. The van der Waals surface area contributed by atoms with E-state index in [9.17, 15) is 0 Å². The van der Waals surface area contributed by atoms with E-state index in [1.54, 1.807) is 7.05 Å². The number of nitrogens with zero attached hydrogens (tertiary/aromatic N) is 2. The summed E-state index contributed by atoms with van der Waals surface area (Å²) in [6, 6.07) is 21.1. The number of nitrogens with one attached hydrogen (secondary N) is 2. The highest BCUT2D eigenvalue weighted by atomic mass is 15.2. The summed E-state index contributed by atoms with van der Waals surface area (Å²) in [5, 5.41) is 9.28. The van der Waals surface area contributed by atoms with Crippen molar-refractivity contribution in [1.82, 2.24) is 15.6 Å². The van der Waals surface area contributed by atoms with E-state index in [-0.39, 0.29) is 0 Å². The van der Waals surface area contributed by atoms with Crippen LogP contribution in [0, 0.1) is 0 Å². The third-order valence-electron chi connectivity index (χ3n) is 4.14. The first kappa shape index (κ1) is 17.0. The van der Waals surface area contributed by atoms with Crippen LogP contribution in [0.3, 0.4) is 0 Å². The predicted octanol–water partition coefficient (Wildman–Crippen LogP) is 3.19. The number of aliphatic imine (C=N–C) groups is 1. The van der Waals surface area contributed by atoms with Gasteiger partial charge in [-0.05, 0) is 34.9 Å². The fourth-order valence-electron chi connectivity index (χ4n) is 2.80. The predicted molar refractivity (Wildman–Crippen MR) is 105 cm³/mol. The van der Waals surface area contributed by atoms with Gasteiger partial charge in [0, 0.05) is 38.4 Å². The quantitative estimate of drug-likeness (QED) is 0.538. The number of benzene rings is 2. The third kappa shape index (κ3) is 5.05. The SMILES string of the molecule is CN=C(NCCc1ccc2ccccc2c1)NCCc1ccccn1. The molecule has 0 radical (unpaired) electrons. The Morgan fingerprint density at radius 3 is 2.40 bits per heavy atom. The van der Waals surface area contributed by atoms with Crippen molar-refractivity contribution in [2.24, 2.45) is 4.99 Å². The molecule has 0 spiro atoms. The summed E-state index contributed by atoms with van der Waals surface area (Å²) >= 11 is 0. The van der Waals surface area contributed by atoms with Gasteiger partial charge in [-0.1, -0.05) is 48.5 Å². The maximum absolute atomic E-state index is 4.33. The Morgan fingerprint density at radius 1 is 0.880 bits per heavy atom. The molecule has 0 unspecified atom stereocenters. The standard InChI is InChI=1S/C21H24N4/c1-22-21(25-15-12-20-8-4-5-13-23-20)24-14-11-17-9-10-18-6-2-3-7-19(18)16-17/h2-10,13,16H,11-12,14-15H2,1H3,(H2,22,24,25). The van der Waals surface area contributed by atoms with Gasteiger partial charge in [0.1, 0.15) is 0 Å². The molecule has 0 saturated heterocycles. The highest BCUT2D eigenvalue weighted by molar-refractivity contribution is 5.83. The summed E-state index contributed by atoms with van der Waals surface area (Å²) in [4.78, 5) is 8.60. The van der Waals surface area contributed by atoms with Gasteiger partial charge in [-0.2, -0.15) is 0 Å². The molecule has 1 heterocycles. The Morgan fingerprint density at radius 2 is 1.64 bits per heavy atom. The maximum Gasteiger partial charge on any atom is 0.190 e. The highest BCUT2D eigenvalue weighted by Crippen LogP contribution is 2.15. The molecule has 128 valence electrons. The normalized spacial score (nSPS) is 11.5. The van der Waals surface area contributed by atoms with Crippen molar-refractivity contribution in [2.75, 3.05) is 20.1 Å². The van der Waals surface area contributed by atoms with Gasteiger partial charge in [-0.25, -0.2) is 0 Å². The van der Waals surface area contributed by atoms with Gasteiger partial charge in [-0.3, -0.25) is 9.98 Å². The van der Waals surface area contributed by atoms with E-state index in [0.717, 1.165) is 37.6 Å². The molecule has 0 bridgehead atoms. The second-order valence-corrected chi connectivity index (χ2v) is 5.93. The summed E-state index contributed by atoms with van der Waals surface area (Å²) in [7, 11) is 1.80. The van der Waals surface area contributed by atoms with Gasteiger partial charge < -0.3 is 10.6 Å². The van der Waals surface area contributed by atoms with Crippen LogP contribution >= 0.6 is 0 Å². The summed E-state index contributed by atoms with van der Waals surface area (Å²) < 4.78 is 0. The zero-order chi connectivity index (χ0) is 17.3. The molecule has 3 aromatic rings. The fraction of sp³-hybridized carbons (Fsp3) is 0.238. The first-order valence-corrected chi connectivity index (χ1v) is 8.67. The van der Waals surface area contributed by atoms with E-state index in [0.29, 0.717) is 0 Å². The molecule has 1 aromatic heterocycles. The summed E-state index contributed by atoms with van der Waals surface area (Å²) in [5.74, 6) is 0.830. The molecule has 4 heteroatoms. The topological polar surface area (TPSA) is 49.3 Å². The Kier molecular flexibility index (Phi) is 5.99. The largest absolute Gasteiger partial charge is 0.356 e. The lowest BCUT2D eigenvalue weighted by atomic mass is 10.1. The van der Waals surface area contributed by atoms with E-state index in [2.05, 4.69) is 63.1 Å². The molecule has 0 saturated carbocycles. The van der Waals surface area contributed by atoms with Crippen molar-refractivity contribution in [1.29, 1.82) is 0 Å². The average Bonchev–Trinajstić information content (AvgIpc) is 2.67. The van der Waals surface area contributed by atoms with Crippen LogP contribution < -0.4 is 10.6 Å². The number of rotatable bonds is 6. The minimum atomic E-state index is 0.812. The van der Waals surface area contributed by atoms with Crippen LogP contribution in [0.5, 0.6) is 0 Å². The lowest BCUT2D eigenvalue weighted by molar-refractivity contribution is 0.776. The molecular weight excluding hydrogens is 308 g/mol. The zero-order valence-electron chi connectivity index (χ0n) is 14.6. The third-order valence-corrected chi connectivity index (χ3v) is 4.14. The Hall–Kier alpha value is -2.88. The molecule has 4 nitrogen and oxygen atoms in total. The van der Waals surface area contributed by atoms with E-state index >= 15 is 0 Å². The van der Waals surface area contributed by atoms with Gasteiger partial charge in [0.15, 0.2) is 5.96 Å². The van der Waals surface area contributed by atoms with E-state index in [1.165, 1.54) is 16.3 Å². The molecule has 0 fully saturated rings. The molecule has 0 aliphatic rings. The van der Waals surface area contributed by atoms with Crippen LogP contribution in [-0.4, -0.2) is 31.1 Å². The van der Waals surface area contributed by atoms with Gasteiger partial charge in [0.2, 0.25) is 0 Å². The van der Waals surface area contributed by atoms with Gasteiger partial charge in [0.25, 0.3) is 0 Å². The average molecular weight is 332 g/mol. The first-order valence-electron chi connectivity index (χ1n) is 8.67. The number of fused-ring (bicyclic) bond motifs is 1. The minimum Gasteiger partial charge on any atom is -0.356 e. The Labute approximate surface area is 149 Å². The number of hydrogen-bond donors (Lipinski definition) is 2. The molecule has 0 amide bonds. The van der Waals surface area contributed by atoms with Gasteiger partial charge >= 0.3 is 0 Å². The van der Waals surface area contributed by atoms with Gasteiger partial charge in [0.05, 0.1) is 0 Å². The highest BCUT2D eigenvalue weighted by Gasteiger charge is 2.00. The van der Waals surface area contributed by atoms with Crippen molar-refractivity contribution < 1.29 is 0 Å². The Balaban J connectivity index is 1.44. The molecule has 2 aromatic carbocycles. The van der Waals surface area contributed by atoms with Gasteiger partial charge in [-0.15, -0.1) is 0 Å². The van der Waals surface area contributed by atoms with Crippen LogP contribution in [0.1, 0.15) is 11.3 Å². The second kappa shape index (κ2) is 8.83. The number of pyridine rings is 1. The van der Waals surface area contributed by atoms with E-state index in [1.807, 2.05) is 24.4 Å². The smallest absolute Gasteiger partial charge is 0.190 e. The molecule has 3 rings (SSSR count). The van der Waals surface area contributed by atoms with Crippen LogP contribution in [0.25, 0.3) is 10.8 Å². The number of guanidine groups is 1. The molecular formula is C21H24N4. The monoisotopic (exact) mass is 332 g/mol. The van der Waals surface area contributed by atoms with Crippen molar-refractivity contribution in [3.05, 3.63) is 78.1 Å². The minimum absolute atomic E-state index is 0.812. The lowest BCUT2D eigenvalue weighted by Gasteiger charge is -2.12. The van der Waals surface area contributed by atoms with Crippen molar-refractivity contribution in [3.8, 4) is 0 Å². The molecule has 2 N–H and O–H groups in total. The molecule has 25 heavy (non-hydrogen) atoms. The van der Waals surface area contributed by atoms with Crippen LogP contribution in [0.15, 0.2) is 71.9 Å². The Bertz CT molecular complexity index is 827. The number of hydrogen-bond acceptors (Lipinski definition) is 2. The lowest BCUT2D eigenvalue weighted by Crippen LogP contribution is -2.39. The molecule has 0 aliphatic carbocycles. The summed E-state index contributed by atoms with van der Waals surface area (Å²) in [6.45, 7) is 1.66. The van der Waals surface area contributed by atoms with E-state index < -0.39 is 0 Å². The number of aromatic nitrogens is 1. The first-order chi connectivity index (χ1) is 12.3. The van der Waals surface area contributed by atoms with E-state index in [4.69, 9.17) is 0 Å². The van der Waals surface area contributed by atoms with Crippen molar-refractivity contribution in [3.63, 3.8) is 0 Å². The van der Waals surface area contributed by atoms with Crippen LogP contribution in [0.4, 0.5) is 0 Å². The van der Waals surface area contributed by atoms with Crippen molar-refractivity contribution >= 4 is 16.7 Å². The maximum atomic E-state index is 4.33. The molecule has 0 aliphatic heterocycles.